The molecule has 3 aromatic rings. The summed E-state index contributed by atoms with van der Waals surface area (Å²) >= 11 is 3.40. The molecule has 0 unspecified atom stereocenters. The Labute approximate surface area is 118 Å². The predicted molar refractivity (Wildman–Crippen MR) is 79.5 cm³/mol. The lowest BCUT2D eigenvalue weighted by atomic mass is 10.2. The number of hydrogen-bond donors (Lipinski definition) is 1. The molecule has 19 heavy (non-hydrogen) atoms. The second-order valence-electron chi connectivity index (χ2n) is 4.19. The first-order valence-electron chi connectivity index (χ1n) is 5.87. The van der Waals surface area contributed by atoms with Crippen LogP contribution in [-0.4, -0.2) is 9.78 Å². The summed E-state index contributed by atoms with van der Waals surface area (Å²) in [6.07, 6.45) is 0. The molecule has 0 atom stereocenters. The maximum atomic E-state index is 12.0. The van der Waals surface area contributed by atoms with E-state index in [1.807, 2.05) is 54.6 Å². The fourth-order valence-electron chi connectivity index (χ4n) is 1.94. The van der Waals surface area contributed by atoms with E-state index in [0.29, 0.717) is 0 Å². The number of rotatable bonds is 2. The van der Waals surface area contributed by atoms with E-state index in [1.54, 1.807) is 6.07 Å². The van der Waals surface area contributed by atoms with E-state index >= 15 is 0 Å². The van der Waals surface area contributed by atoms with Crippen molar-refractivity contribution in [2.24, 2.45) is 0 Å². The van der Waals surface area contributed by atoms with Gasteiger partial charge in [0.15, 0.2) is 0 Å². The van der Waals surface area contributed by atoms with Gasteiger partial charge in [0.1, 0.15) is 0 Å². The molecule has 3 rings (SSSR count). The SMILES string of the molecule is O=c1cc(-c2ccc(Br)cc2)[nH]n1-c1ccccc1. The van der Waals surface area contributed by atoms with Crippen LogP contribution < -0.4 is 5.56 Å². The highest BCUT2D eigenvalue weighted by Gasteiger charge is 2.06. The van der Waals surface area contributed by atoms with Crippen molar-refractivity contribution in [1.29, 1.82) is 0 Å². The minimum atomic E-state index is -0.0656. The Morgan fingerprint density at radius 1 is 0.947 bits per heavy atom. The van der Waals surface area contributed by atoms with Gasteiger partial charge in [-0.15, -0.1) is 0 Å². The molecule has 1 heterocycles. The maximum Gasteiger partial charge on any atom is 0.271 e. The fourth-order valence-corrected chi connectivity index (χ4v) is 2.21. The molecule has 1 aromatic heterocycles. The molecule has 0 radical (unpaired) electrons. The highest BCUT2D eigenvalue weighted by atomic mass is 79.9. The Balaban J connectivity index is 2.07. The van der Waals surface area contributed by atoms with Gasteiger partial charge in [-0.1, -0.05) is 46.3 Å². The molecule has 0 fully saturated rings. The second-order valence-corrected chi connectivity index (χ2v) is 5.10. The molecule has 1 N–H and O–H groups in total. The van der Waals surface area contributed by atoms with Crippen LogP contribution in [0.2, 0.25) is 0 Å². The number of halogens is 1. The van der Waals surface area contributed by atoms with Crippen LogP contribution in [0.3, 0.4) is 0 Å². The Morgan fingerprint density at radius 2 is 1.63 bits per heavy atom. The van der Waals surface area contributed by atoms with Gasteiger partial charge in [0.05, 0.1) is 11.4 Å². The third-order valence-corrected chi connectivity index (χ3v) is 3.42. The van der Waals surface area contributed by atoms with Crippen LogP contribution in [0.5, 0.6) is 0 Å². The van der Waals surface area contributed by atoms with E-state index in [1.165, 1.54) is 4.68 Å². The average molecular weight is 315 g/mol. The summed E-state index contributed by atoms with van der Waals surface area (Å²) in [6, 6.07) is 19.0. The molecule has 0 saturated carbocycles. The minimum Gasteiger partial charge on any atom is -0.290 e. The molecule has 0 bridgehead atoms. The van der Waals surface area contributed by atoms with Crippen molar-refractivity contribution in [3.8, 4) is 16.9 Å². The maximum absolute atomic E-state index is 12.0. The second kappa shape index (κ2) is 4.90. The van der Waals surface area contributed by atoms with E-state index in [0.717, 1.165) is 21.4 Å². The summed E-state index contributed by atoms with van der Waals surface area (Å²) in [7, 11) is 0. The summed E-state index contributed by atoms with van der Waals surface area (Å²) < 4.78 is 2.55. The predicted octanol–water partition coefficient (Wildman–Crippen LogP) is 3.60. The summed E-state index contributed by atoms with van der Waals surface area (Å²) in [6.45, 7) is 0. The van der Waals surface area contributed by atoms with Gasteiger partial charge in [-0.3, -0.25) is 9.89 Å². The first-order chi connectivity index (χ1) is 9.24. The molecule has 0 aliphatic heterocycles. The molecule has 0 amide bonds. The van der Waals surface area contributed by atoms with Crippen LogP contribution in [0.4, 0.5) is 0 Å². The molecule has 0 saturated heterocycles. The summed E-state index contributed by atoms with van der Waals surface area (Å²) in [4.78, 5) is 12.0. The molecule has 3 nitrogen and oxygen atoms in total. The quantitative estimate of drug-likeness (QED) is 0.771. The first-order valence-corrected chi connectivity index (χ1v) is 6.67. The number of aromatic nitrogens is 2. The van der Waals surface area contributed by atoms with Crippen molar-refractivity contribution >= 4 is 15.9 Å². The van der Waals surface area contributed by atoms with Crippen molar-refractivity contribution in [2.75, 3.05) is 0 Å². The van der Waals surface area contributed by atoms with Crippen molar-refractivity contribution < 1.29 is 0 Å². The van der Waals surface area contributed by atoms with E-state index in [9.17, 15) is 4.79 Å². The Morgan fingerprint density at radius 3 is 2.32 bits per heavy atom. The zero-order valence-electron chi connectivity index (χ0n) is 10.0. The Kier molecular flexibility index (Phi) is 3.09. The number of H-pyrrole nitrogens is 1. The Bertz CT molecular complexity index is 742. The van der Waals surface area contributed by atoms with Gasteiger partial charge >= 0.3 is 0 Å². The third-order valence-electron chi connectivity index (χ3n) is 2.89. The molecule has 0 aliphatic carbocycles. The highest BCUT2D eigenvalue weighted by molar-refractivity contribution is 9.10. The van der Waals surface area contributed by atoms with E-state index in [2.05, 4.69) is 21.0 Å². The lowest BCUT2D eigenvalue weighted by molar-refractivity contribution is 0.852. The van der Waals surface area contributed by atoms with E-state index in [-0.39, 0.29) is 5.56 Å². The van der Waals surface area contributed by atoms with Crippen LogP contribution in [0, 0.1) is 0 Å². The average Bonchev–Trinajstić information content (AvgIpc) is 2.83. The van der Waals surface area contributed by atoms with Crippen molar-refractivity contribution in [2.45, 2.75) is 0 Å². The highest BCUT2D eigenvalue weighted by Crippen LogP contribution is 2.19. The van der Waals surface area contributed by atoms with Crippen molar-refractivity contribution in [3.05, 3.63) is 75.5 Å². The molecule has 94 valence electrons. The number of aromatic amines is 1. The number of para-hydroxylation sites is 1. The standard InChI is InChI=1S/C15H11BrN2O/c16-12-8-6-11(7-9-12)14-10-15(19)18(17-14)13-4-2-1-3-5-13/h1-10,17H. The first kappa shape index (κ1) is 12.0. The molecule has 0 aliphatic rings. The summed E-state index contributed by atoms with van der Waals surface area (Å²) in [5.41, 5.74) is 2.55. The molecule has 0 spiro atoms. The lowest BCUT2D eigenvalue weighted by Crippen LogP contribution is -2.12. The third kappa shape index (κ3) is 2.39. The number of nitrogens with zero attached hydrogens (tertiary/aromatic N) is 1. The van der Waals surface area contributed by atoms with Crippen LogP contribution in [0.15, 0.2) is 69.9 Å². The van der Waals surface area contributed by atoms with Crippen LogP contribution in [0.1, 0.15) is 0 Å². The van der Waals surface area contributed by atoms with Crippen molar-refractivity contribution in [1.82, 2.24) is 9.78 Å². The number of benzene rings is 2. The molecule has 2 aromatic carbocycles. The summed E-state index contributed by atoms with van der Waals surface area (Å²) in [5.74, 6) is 0. The van der Waals surface area contributed by atoms with Gasteiger partial charge in [-0.25, -0.2) is 4.68 Å². The molecular weight excluding hydrogens is 304 g/mol. The summed E-state index contributed by atoms with van der Waals surface area (Å²) in [5, 5.41) is 3.12. The van der Waals surface area contributed by atoms with Crippen LogP contribution in [-0.2, 0) is 0 Å². The minimum absolute atomic E-state index is 0.0656. The number of hydrogen-bond acceptors (Lipinski definition) is 1. The zero-order chi connectivity index (χ0) is 13.2. The van der Waals surface area contributed by atoms with Crippen molar-refractivity contribution in [3.63, 3.8) is 0 Å². The largest absolute Gasteiger partial charge is 0.290 e. The normalized spacial score (nSPS) is 10.6. The van der Waals surface area contributed by atoms with Gasteiger partial charge in [-0.05, 0) is 29.8 Å². The topological polar surface area (TPSA) is 37.8 Å². The Hall–Kier alpha value is -2.07. The number of nitrogens with one attached hydrogen (secondary N) is 1. The smallest absolute Gasteiger partial charge is 0.271 e. The van der Waals surface area contributed by atoms with E-state index < -0.39 is 0 Å². The van der Waals surface area contributed by atoms with Crippen LogP contribution >= 0.6 is 15.9 Å². The van der Waals surface area contributed by atoms with Gasteiger partial charge in [0.2, 0.25) is 0 Å². The molecular formula is C15H11BrN2O. The van der Waals surface area contributed by atoms with Gasteiger partial charge < -0.3 is 0 Å². The van der Waals surface area contributed by atoms with Gasteiger partial charge in [0.25, 0.3) is 5.56 Å². The van der Waals surface area contributed by atoms with Gasteiger partial charge in [-0.2, -0.15) is 0 Å². The molecule has 4 heteroatoms. The fraction of sp³-hybridized carbons (Fsp3) is 0. The van der Waals surface area contributed by atoms with Gasteiger partial charge in [0, 0.05) is 10.5 Å². The van der Waals surface area contributed by atoms with Crippen LogP contribution in [0.25, 0.3) is 16.9 Å². The zero-order valence-corrected chi connectivity index (χ0v) is 11.6. The van der Waals surface area contributed by atoms with E-state index in [4.69, 9.17) is 0 Å². The lowest BCUT2D eigenvalue weighted by Gasteiger charge is -2.01. The monoisotopic (exact) mass is 314 g/mol.